The van der Waals surface area contributed by atoms with E-state index in [2.05, 4.69) is 15.6 Å². The van der Waals surface area contributed by atoms with Gasteiger partial charge < -0.3 is 15.2 Å². The molecule has 0 aromatic carbocycles. The first-order chi connectivity index (χ1) is 9.63. The Labute approximate surface area is 115 Å². The lowest BCUT2D eigenvalue weighted by atomic mass is 10.3. The number of pyridine rings is 1. The number of carbonyl (C=O) groups excluding carboxylic acids is 1. The molecule has 1 aromatic rings. The van der Waals surface area contributed by atoms with Crippen LogP contribution in [-0.2, 0) is 9.53 Å². The van der Waals surface area contributed by atoms with Crippen molar-refractivity contribution >= 4 is 23.9 Å². The summed E-state index contributed by atoms with van der Waals surface area (Å²) in [4.78, 5) is 26.2. The van der Waals surface area contributed by atoms with E-state index in [0.29, 0.717) is 24.7 Å². The van der Waals surface area contributed by atoms with Gasteiger partial charge in [-0.1, -0.05) is 6.07 Å². The van der Waals surface area contributed by atoms with Gasteiger partial charge >= 0.3 is 12.0 Å². The molecule has 0 aliphatic carbocycles. The molecule has 3 N–H and O–H groups in total. The zero-order valence-corrected chi connectivity index (χ0v) is 10.7. The van der Waals surface area contributed by atoms with E-state index < -0.39 is 5.97 Å². The van der Waals surface area contributed by atoms with Crippen LogP contribution in [0.4, 0.5) is 10.6 Å². The van der Waals surface area contributed by atoms with Crippen LogP contribution in [-0.4, -0.2) is 41.3 Å². The fourth-order valence-electron chi connectivity index (χ4n) is 1.76. The van der Waals surface area contributed by atoms with Crippen molar-refractivity contribution in [1.29, 1.82) is 0 Å². The molecule has 1 aromatic heterocycles. The highest BCUT2D eigenvalue weighted by atomic mass is 16.5. The molecular formula is C13H15N3O4. The number of hydrogen-bond donors (Lipinski definition) is 3. The molecule has 1 atom stereocenters. The number of carboxylic acid groups (broad SMARTS) is 1. The van der Waals surface area contributed by atoms with E-state index in [0.717, 1.165) is 12.5 Å². The third-order valence-electron chi connectivity index (χ3n) is 2.67. The van der Waals surface area contributed by atoms with Crippen LogP contribution in [0.15, 0.2) is 24.3 Å². The van der Waals surface area contributed by atoms with Crippen molar-refractivity contribution in [2.24, 2.45) is 0 Å². The lowest BCUT2D eigenvalue weighted by molar-refractivity contribution is -0.131. The molecule has 2 amide bonds. The highest BCUT2D eigenvalue weighted by molar-refractivity contribution is 5.89. The van der Waals surface area contributed by atoms with E-state index in [-0.39, 0.29) is 12.1 Å². The molecule has 7 nitrogen and oxygen atoms in total. The quantitative estimate of drug-likeness (QED) is 0.715. The van der Waals surface area contributed by atoms with Gasteiger partial charge in [-0.05, 0) is 24.6 Å². The van der Waals surface area contributed by atoms with Crippen LogP contribution in [0.3, 0.4) is 0 Å². The summed E-state index contributed by atoms with van der Waals surface area (Å²) in [6.45, 7) is 1.17. The summed E-state index contributed by atoms with van der Waals surface area (Å²) in [6.07, 6.45) is 3.14. The molecule has 20 heavy (non-hydrogen) atoms. The summed E-state index contributed by atoms with van der Waals surface area (Å²) in [5, 5.41) is 13.9. The van der Waals surface area contributed by atoms with Crippen molar-refractivity contribution in [2.45, 2.75) is 12.5 Å². The number of rotatable bonds is 4. The van der Waals surface area contributed by atoms with Gasteiger partial charge in [-0.15, -0.1) is 0 Å². The van der Waals surface area contributed by atoms with E-state index in [4.69, 9.17) is 9.84 Å². The SMILES string of the molecule is O=C(O)/C=C/c1cccc(NC(=O)NC2CCOC2)n1. The predicted octanol–water partition coefficient (Wildman–Crippen LogP) is 1.09. The molecular weight excluding hydrogens is 262 g/mol. The second kappa shape index (κ2) is 6.67. The second-order valence-electron chi connectivity index (χ2n) is 4.28. The van der Waals surface area contributed by atoms with Crippen LogP contribution >= 0.6 is 0 Å². The van der Waals surface area contributed by atoms with E-state index >= 15 is 0 Å². The van der Waals surface area contributed by atoms with Gasteiger partial charge in [0, 0.05) is 12.7 Å². The Hall–Kier alpha value is -2.41. The number of carboxylic acids is 1. The van der Waals surface area contributed by atoms with E-state index in [1.165, 1.54) is 6.08 Å². The van der Waals surface area contributed by atoms with Crippen molar-refractivity contribution in [3.8, 4) is 0 Å². The molecule has 1 aliphatic heterocycles. The minimum Gasteiger partial charge on any atom is -0.478 e. The Morgan fingerprint density at radius 2 is 2.30 bits per heavy atom. The number of urea groups is 1. The normalized spacial score (nSPS) is 18.1. The lowest BCUT2D eigenvalue weighted by Gasteiger charge is -2.11. The first kappa shape index (κ1) is 14.0. The van der Waals surface area contributed by atoms with Crippen LogP contribution < -0.4 is 10.6 Å². The number of carbonyl (C=O) groups is 2. The van der Waals surface area contributed by atoms with Gasteiger partial charge in [-0.3, -0.25) is 5.32 Å². The second-order valence-corrected chi connectivity index (χ2v) is 4.28. The van der Waals surface area contributed by atoms with Crippen molar-refractivity contribution in [1.82, 2.24) is 10.3 Å². The molecule has 0 radical (unpaired) electrons. The third-order valence-corrected chi connectivity index (χ3v) is 2.67. The van der Waals surface area contributed by atoms with Crippen LogP contribution in [0.25, 0.3) is 6.08 Å². The Kier molecular flexibility index (Phi) is 4.67. The molecule has 1 saturated heterocycles. The van der Waals surface area contributed by atoms with E-state index in [1.54, 1.807) is 18.2 Å². The molecule has 0 bridgehead atoms. The van der Waals surface area contributed by atoms with Crippen molar-refractivity contribution in [2.75, 3.05) is 18.5 Å². The maximum absolute atomic E-state index is 11.7. The highest BCUT2D eigenvalue weighted by Gasteiger charge is 2.17. The smallest absolute Gasteiger partial charge is 0.328 e. The van der Waals surface area contributed by atoms with Crippen LogP contribution in [0.2, 0.25) is 0 Å². The van der Waals surface area contributed by atoms with Crippen molar-refractivity contribution in [3.63, 3.8) is 0 Å². The summed E-state index contributed by atoms with van der Waals surface area (Å²) < 4.78 is 5.16. The monoisotopic (exact) mass is 277 g/mol. The third kappa shape index (κ3) is 4.36. The number of nitrogens with zero attached hydrogens (tertiary/aromatic N) is 1. The topological polar surface area (TPSA) is 101 Å². The molecule has 7 heteroatoms. The number of aliphatic carboxylic acids is 1. The van der Waals surface area contributed by atoms with Crippen LogP contribution in [0, 0.1) is 0 Å². The highest BCUT2D eigenvalue weighted by Crippen LogP contribution is 2.07. The molecule has 1 aliphatic rings. The summed E-state index contributed by atoms with van der Waals surface area (Å²) in [6, 6.07) is 4.62. The van der Waals surface area contributed by atoms with Gasteiger partial charge in [0.2, 0.25) is 0 Å². The van der Waals surface area contributed by atoms with Crippen molar-refractivity contribution < 1.29 is 19.4 Å². The largest absolute Gasteiger partial charge is 0.478 e. The minimum atomic E-state index is -1.05. The Morgan fingerprint density at radius 3 is 3.00 bits per heavy atom. The first-order valence-electron chi connectivity index (χ1n) is 6.17. The average Bonchev–Trinajstić information content (AvgIpc) is 2.89. The summed E-state index contributed by atoms with van der Waals surface area (Å²) >= 11 is 0. The first-order valence-corrected chi connectivity index (χ1v) is 6.17. The lowest BCUT2D eigenvalue weighted by Crippen LogP contribution is -2.38. The number of anilines is 1. The Morgan fingerprint density at radius 1 is 1.45 bits per heavy atom. The van der Waals surface area contributed by atoms with Gasteiger partial charge in [0.05, 0.1) is 18.3 Å². The molecule has 1 fully saturated rings. The molecule has 1 unspecified atom stereocenters. The number of nitrogens with one attached hydrogen (secondary N) is 2. The zero-order valence-electron chi connectivity index (χ0n) is 10.7. The van der Waals surface area contributed by atoms with Gasteiger partial charge in [0.1, 0.15) is 5.82 Å². The van der Waals surface area contributed by atoms with E-state index in [1.807, 2.05) is 0 Å². The fraction of sp³-hybridized carbons (Fsp3) is 0.308. The Bertz CT molecular complexity index is 524. The van der Waals surface area contributed by atoms with Crippen LogP contribution in [0.5, 0.6) is 0 Å². The number of aromatic nitrogens is 1. The van der Waals surface area contributed by atoms with Crippen molar-refractivity contribution in [3.05, 3.63) is 30.0 Å². The fourth-order valence-corrected chi connectivity index (χ4v) is 1.76. The predicted molar refractivity (Wildman–Crippen MR) is 72.3 cm³/mol. The standard InChI is InChI=1S/C13H15N3O4/c17-12(18)5-4-9-2-1-3-11(14-9)16-13(19)15-10-6-7-20-8-10/h1-5,10H,6-8H2,(H,17,18)(H2,14,15,16,19)/b5-4+. The minimum absolute atomic E-state index is 0.0186. The number of hydrogen-bond acceptors (Lipinski definition) is 4. The maximum atomic E-state index is 11.7. The summed E-state index contributed by atoms with van der Waals surface area (Å²) in [7, 11) is 0. The van der Waals surface area contributed by atoms with E-state index in [9.17, 15) is 9.59 Å². The zero-order chi connectivity index (χ0) is 14.4. The average molecular weight is 277 g/mol. The van der Waals surface area contributed by atoms with Gasteiger partial charge in [-0.25, -0.2) is 14.6 Å². The Balaban J connectivity index is 1.93. The summed E-state index contributed by atoms with van der Waals surface area (Å²) in [5.41, 5.74) is 0.453. The molecule has 2 heterocycles. The summed E-state index contributed by atoms with van der Waals surface area (Å²) in [5.74, 6) is -0.696. The number of amides is 2. The number of ether oxygens (including phenoxy) is 1. The van der Waals surface area contributed by atoms with Gasteiger partial charge in [0.25, 0.3) is 0 Å². The molecule has 106 valence electrons. The molecule has 2 rings (SSSR count). The van der Waals surface area contributed by atoms with Crippen LogP contribution in [0.1, 0.15) is 12.1 Å². The molecule has 0 saturated carbocycles. The maximum Gasteiger partial charge on any atom is 0.328 e. The molecule has 0 spiro atoms. The van der Waals surface area contributed by atoms with Gasteiger partial charge in [-0.2, -0.15) is 0 Å². The van der Waals surface area contributed by atoms with Gasteiger partial charge in [0.15, 0.2) is 0 Å².